The van der Waals surface area contributed by atoms with Crippen LogP contribution >= 0.6 is 15.9 Å². The van der Waals surface area contributed by atoms with Crippen molar-refractivity contribution >= 4 is 21.8 Å². The van der Waals surface area contributed by atoms with Gasteiger partial charge in [0.15, 0.2) is 0 Å². The third-order valence-corrected chi connectivity index (χ3v) is 3.87. The first-order valence-electron chi connectivity index (χ1n) is 7.06. The molecule has 0 unspecified atom stereocenters. The monoisotopic (exact) mass is 363 g/mol. The average Bonchev–Trinajstić information content (AvgIpc) is 2.54. The van der Waals surface area contributed by atoms with Crippen molar-refractivity contribution in [2.45, 2.75) is 13.0 Å². The predicted octanol–water partition coefficient (Wildman–Crippen LogP) is 3.14. The normalized spacial score (nSPS) is 10.3. The van der Waals surface area contributed by atoms with Gasteiger partial charge >= 0.3 is 0 Å². The van der Waals surface area contributed by atoms with Crippen LogP contribution in [0.5, 0.6) is 5.75 Å². The number of nitrogens with one attached hydrogen (secondary N) is 1. The molecule has 0 saturated carbocycles. The third kappa shape index (κ3) is 4.58. The first kappa shape index (κ1) is 16.5. The van der Waals surface area contributed by atoms with Crippen molar-refractivity contribution in [1.82, 2.24) is 5.32 Å². The maximum atomic E-state index is 12.1. The van der Waals surface area contributed by atoms with E-state index in [2.05, 4.69) is 21.2 Å². The van der Waals surface area contributed by atoms with Crippen molar-refractivity contribution in [3.8, 4) is 5.75 Å². The number of hydrogen-bond acceptors (Lipinski definition) is 3. The number of aliphatic hydroxyl groups excluding tert-OH is 1. The quantitative estimate of drug-likeness (QED) is 0.743. The van der Waals surface area contributed by atoms with Crippen LogP contribution in [0.1, 0.15) is 22.3 Å². The molecule has 0 aliphatic carbocycles. The van der Waals surface area contributed by atoms with E-state index in [4.69, 9.17) is 9.84 Å². The van der Waals surface area contributed by atoms with Crippen molar-refractivity contribution in [2.24, 2.45) is 0 Å². The minimum atomic E-state index is -0.198. The molecule has 116 valence electrons. The lowest BCUT2D eigenvalue weighted by atomic mass is 10.2. The highest BCUT2D eigenvalue weighted by atomic mass is 79.9. The molecule has 0 fully saturated rings. The summed E-state index contributed by atoms with van der Waals surface area (Å²) in [6.07, 6.45) is 0.533. The topological polar surface area (TPSA) is 58.6 Å². The third-order valence-electron chi connectivity index (χ3n) is 3.09. The van der Waals surface area contributed by atoms with Gasteiger partial charge in [-0.1, -0.05) is 46.3 Å². The minimum Gasteiger partial charge on any atom is -0.488 e. The van der Waals surface area contributed by atoms with Crippen molar-refractivity contribution in [1.29, 1.82) is 0 Å². The Hall–Kier alpha value is -1.85. The van der Waals surface area contributed by atoms with Crippen molar-refractivity contribution in [2.75, 3.05) is 13.2 Å². The molecule has 0 aliphatic heterocycles. The molecule has 1 amide bonds. The number of para-hydroxylation sites is 1. The zero-order valence-corrected chi connectivity index (χ0v) is 13.7. The Morgan fingerprint density at radius 3 is 2.64 bits per heavy atom. The molecule has 22 heavy (non-hydrogen) atoms. The maximum absolute atomic E-state index is 12.1. The summed E-state index contributed by atoms with van der Waals surface area (Å²) >= 11 is 3.48. The molecule has 2 aromatic rings. The number of carbonyl (C=O) groups is 1. The number of ether oxygens (including phenoxy) is 1. The summed E-state index contributed by atoms with van der Waals surface area (Å²) in [5, 5.41) is 11.5. The number of halogens is 1. The zero-order chi connectivity index (χ0) is 15.8. The standard InChI is InChI=1S/C17H18BrNO3/c18-15-8-3-1-6-13(15)12-22-16-9-4-2-7-14(16)17(21)19-10-5-11-20/h1-4,6-9,20H,5,10-12H2,(H,19,21). The van der Waals surface area contributed by atoms with Gasteiger partial charge in [0.2, 0.25) is 0 Å². The molecule has 0 bridgehead atoms. The summed E-state index contributed by atoms with van der Waals surface area (Å²) in [7, 11) is 0. The molecule has 2 aromatic carbocycles. The number of rotatable bonds is 7. The number of hydrogen-bond donors (Lipinski definition) is 2. The van der Waals surface area contributed by atoms with Crippen molar-refractivity contribution in [3.63, 3.8) is 0 Å². The smallest absolute Gasteiger partial charge is 0.255 e. The number of benzene rings is 2. The highest BCUT2D eigenvalue weighted by Gasteiger charge is 2.12. The average molecular weight is 364 g/mol. The molecule has 0 heterocycles. The van der Waals surface area contributed by atoms with E-state index < -0.39 is 0 Å². The Bertz CT molecular complexity index is 631. The lowest BCUT2D eigenvalue weighted by Crippen LogP contribution is -2.25. The summed E-state index contributed by atoms with van der Waals surface area (Å²) < 4.78 is 6.76. The van der Waals surface area contributed by atoms with E-state index in [1.54, 1.807) is 18.2 Å². The van der Waals surface area contributed by atoms with E-state index in [0.717, 1.165) is 10.0 Å². The molecule has 4 nitrogen and oxygen atoms in total. The Morgan fingerprint density at radius 1 is 1.14 bits per heavy atom. The highest BCUT2D eigenvalue weighted by Crippen LogP contribution is 2.22. The van der Waals surface area contributed by atoms with Gasteiger partial charge in [0, 0.05) is 23.2 Å². The molecule has 0 atom stereocenters. The molecule has 2 N–H and O–H groups in total. The van der Waals surface area contributed by atoms with Gasteiger partial charge in [-0.15, -0.1) is 0 Å². The number of carbonyl (C=O) groups excluding carboxylic acids is 1. The Kier molecular flexibility index (Phi) is 6.43. The van der Waals surface area contributed by atoms with Crippen LogP contribution in [-0.2, 0) is 6.61 Å². The minimum absolute atomic E-state index is 0.0560. The molecule has 0 spiro atoms. The first-order valence-corrected chi connectivity index (χ1v) is 7.86. The van der Waals surface area contributed by atoms with Gasteiger partial charge in [0.25, 0.3) is 5.91 Å². The van der Waals surface area contributed by atoms with E-state index in [9.17, 15) is 4.79 Å². The van der Waals surface area contributed by atoms with E-state index in [-0.39, 0.29) is 12.5 Å². The van der Waals surface area contributed by atoms with Crippen LogP contribution in [-0.4, -0.2) is 24.2 Å². The van der Waals surface area contributed by atoms with Crippen LogP contribution in [0.25, 0.3) is 0 Å². The van der Waals surface area contributed by atoms with Crippen LogP contribution in [0.4, 0.5) is 0 Å². The van der Waals surface area contributed by atoms with Gasteiger partial charge in [0.05, 0.1) is 5.56 Å². The van der Waals surface area contributed by atoms with E-state index in [1.165, 1.54) is 0 Å². The van der Waals surface area contributed by atoms with Crippen LogP contribution in [0, 0.1) is 0 Å². The molecule has 5 heteroatoms. The number of aliphatic hydroxyl groups is 1. The SMILES string of the molecule is O=C(NCCCO)c1ccccc1OCc1ccccc1Br. The fourth-order valence-electron chi connectivity index (χ4n) is 1.93. The first-order chi connectivity index (χ1) is 10.7. The zero-order valence-electron chi connectivity index (χ0n) is 12.1. The van der Waals surface area contributed by atoms with E-state index in [1.807, 2.05) is 30.3 Å². The number of amides is 1. The summed E-state index contributed by atoms with van der Waals surface area (Å²) in [4.78, 5) is 12.1. The van der Waals surface area contributed by atoms with Crippen molar-refractivity contribution < 1.29 is 14.6 Å². The molecular formula is C17H18BrNO3. The Balaban J connectivity index is 2.05. The molecular weight excluding hydrogens is 346 g/mol. The second kappa shape index (κ2) is 8.56. The van der Waals surface area contributed by atoms with Crippen LogP contribution < -0.4 is 10.1 Å². The predicted molar refractivity (Wildman–Crippen MR) is 89.0 cm³/mol. The summed E-state index contributed by atoms with van der Waals surface area (Å²) in [6.45, 7) is 0.872. The second-order valence-electron chi connectivity index (χ2n) is 4.71. The second-order valence-corrected chi connectivity index (χ2v) is 5.56. The largest absolute Gasteiger partial charge is 0.488 e. The maximum Gasteiger partial charge on any atom is 0.255 e. The van der Waals surface area contributed by atoms with Gasteiger partial charge in [-0.3, -0.25) is 4.79 Å². The Morgan fingerprint density at radius 2 is 1.86 bits per heavy atom. The summed E-state index contributed by atoms with van der Waals surface area (Å²) in [5.74, 6) is 0.343. The summed E-state index contributed by atoms with van der Waals surface area (Å²) in [6, 6.07) is 14.9. The van der Waals surface area contributed by atoms with Gasteiger partial charge in [-0.25, -0.2) is 0 Å². The van der Waals surface area contributed by atoms with E-state index >= 15 is 0 Å². The van der Waals surface area contributed by atoms with Crippen LogP contribution in [0.2, 0.25) is 0 Å². The molecule has 0 radical (unpaired) electrons. The Labute approximate surface area is 138 Å². The van der Waals surface area contributed by atoms with Gasteiger partial charge in [-0.05, 0) is 24.6 Å². The lowest BCUT2D eigenvalue weighted by Gasteiger charge is -2.12. The molecule has 0 saturated heterocycles. The highest BCUT2D eigenvalue weighted by molar-refractivity contribution is 9.10. The van der Waals surface area contributed by atoms with Crippen LogP contribution in [0.3, 0.4) is 0 Å². The van der Waals surface area contributed by atoms with Gasteiger partial charge in [0.1, 0.15) is 12.4 Å². The molecule has 0 aliphatic rings. The summed E-state index contributed by atoms with van der Waals surface area (Å²) in [5.41, 5.74) is 1.51. The van der Waals surface area contributed by atoms with E-state index in [0.29, 0.717) is 30.9 Å². The fourth-order valence-corrected chi connectivity index (χ4v) is 2.33. The van der Waals surface area contributed by atoms with Crippen molar-refractivity contribution in [3.05, 3.63) is 64.1 Å². The van der Waals surface area contributed by atoms with Gasteiger partial charge < -0.3 is 15.2 Å². The molecule has 2 rings (SSSR count). The van der Waals surface area contributed by atoms with Gasteiger partial charge in [-0.2, -0.15) is 0 Å². The molecule has 0 aromatic heterocycles. The lowest BCUT2D eigenvalue weighted by molar-refractivity contribution is 0.0946. The van der Waals surface area contributed by atoms with Crippen LogP contribution in [0.15, 0.2) is 53.0 Å². The fraction of sp³-hybridized carbons (Fsp3) is 0.235.